The minimum absolute atomic E-state index is 0.0648. The fraction of sp³-hybridized carbons (Fsp3) is 0.206. The number of fused-ring (bicyclic) bond motifs is 1. The van der Waals surface area contributed by atoms with E-state index in [4.69, 9.17) is 0 Å². The molecule has 3 aromatic carbocycles. The molecule has 4 heteroatoms. The molecule has 0 aliphatic heterocycles. The van der Waals surface area contributed by atoms with Crippen LogP contribution in [0.4, 0.5) is 0 Å². The van der Waals surface area contributed by atoms with E-state index < -0.39 is 0 Å². The first-order chi connectivity index (χ1) is 18.6. The second-order valence-corrected chi connectivity index (χ2v) is 9.89. The normalized spacial score (nSPS) is 11.8. The molecule has 0 aliphatic rings. The highest BCUT2D eigenvalue weighted by Crippen LogP contribution is 2.25. The minimum atomic E-state index is -0.129. The van der Waals surface area contributed by atoms with E-state index in [9.17, 15) is 4.79 Å². The molecule has 0 spiro atoms. The zero-order chi connectivity index (χ0) is 26.3. The fourth-order valence-electron chi connectivity index (χ4n) is 4.72. The number of amides is 1. The monoisotopic (exact) mass is 499 g/mol. The summed E-state index contributed by atoms with van der Waals surface area (Å²) in [7, 11) is 0. The number of nitrogens with zero attached hydrogens (tertiary/aromatic N) is 2. The van der Waals surface area contributed by atoms with Crippen LogP contribution < -0.4 is 5.32 Å². The van der Waals surface area contributed by atoms with Crippen LogP contribution in [0.1, 0.15) is 46.2 Å². The van der Waals surface area contributed by atoms with E-state index in [0.717, 1.165) is 47.8 Å². The number of aromatic nitrogens is 2. The molecule has 0 fully saturated rings. The van der Waals surface area contributed by atoms with Gasteiger partial charge in [-0.25, -0.2) is 4.98 Å². The number of pyridine rings is 2. The molecule has 0 saturated carbocycles. The van der Waals surface area contributed by atoms with Crippen molar-refractivity contribution in [1.82, 2.24) is 15.3 Å². The molecule has 2 heterocycles. The first-order valence-electron chi connectivity index (χ1n) is 13.3. The number of nitrogens with one attached hydrogen (secondary N) is 1. The lowest BCUT2D eigenvalue weighted by atomic mass is 9.99. The van der Waals surface area contributed by atoms with Gasteiger partial charge in [0.2, 0.25) is 0 Å². The van der Waals surface area contributed by atoms with Crippen LogP contribution >= 0.6 is 0 Å². The summed E-state index contributed by atoms with van der Waals surface area (Å²) in [6.45, 7) is 4.18. The van der Waals surface area contributed by atoms with E-state index in [1.165, 1.54) is 22.3 Å². The van der Waals surface area contributed by atoms with Crippen molar-refractivity contribution in [3.8, 4) is 11.1 Å². The van der Waals surface area contributed by atoms with Crippen LogP contribution in [0.15, 0.2) is 103 Å². The van der Waals surface area contributed by atoms with Gasteiger partial charge in [-0.1, -0.05) is 79.2 Å². The Morgan fingerprint density at radius 2 is 1.66 bits per heavy atom. The molecule has 0 aliphatic carbocycles. The van der Waals surface area contributed by atoms with Gasteiger partial charge in [-0.05, 0) is 85.2 Å². The van der Waals surface area contributed by atoms with E-state index in [1.807, 2.05) is 36.5 Å². The predicted octanol–water partition coefficient (Wildman–Crippen LogP) is 7.14. The van der Waals surface area contributed by atoms with Gasteiger partial charge in [-0.3, -0.25) is 9.78 Å². The second kappa shape index (κ2) is 11.8. The molecule has 1 unspecified atom stereocenters. The van der Waals surface area contributed by atoms with Gasteiger partial charge in [-0.15, -0.1) is 0 Å². The molecule has 1 amide bonds. The van der Waals surface area contributed by atoms with Gasteiger partial charge in [-0.2, -0.15) is 0 Å². The minimum Gasteiger partial charge on any atom is -0.348 e. The van der Waals surface area contributed by atoms with Gasteiger partial charge in [0.05, 0.1) is 5.52 Å². The van der Waals surface area contributed by atoms with E-state index >= 15 is 0 Å². The highest BCUT2D eigenvalue weighted by atomic mass is 16.1. The Labute approximate surface area is 224 Å². The molecule has 5 rings (SSSR count). The number of aryl methyl sites for hydroxylation is 3. The Kier molecular flexibility index (Phi) is 7.89. The number of hydrogen-bond acceptors (Lipinski definition) is 3. The van der Waals surface area contributed by atoms with Crippen LogP contribution in [0.3, 0.4) is 0 Å². The Bertz CT molecular complexity index is 1530. The summed E-state index contributed by atoms with van der Waals surface area (Å²) in [6.07, 6.45) is 5.37. The molecule has 0 radical (unpaired) electrons. The summed E-state index contributed by atoms with van der Waals surface area (Å²) in [4.78, 5) is 22.1. The van der Waals surface area contributed by atoms with Gasteiger partial charge in [0, 0.05) is 23.3 Å². The molecule has 1 N–H and O–H groups in total. The lowest BCUT2D eigenvalue weighted by molar-refractivity contribution is 0.0931. The third-order valence-electron chi connectivity index (χ3n) is 7.01. The van der Waals surface area contributed by atoms with Crippen LogP contribution in [0, 0.1) is 6.92 Å². The molecule has 190 valence electrons. The van der Waals surface area contributed by atoms with Crippen molar-refractivity contribution in [2.75, 3.05) is 0 Å². The zero-order valence-corrected chi connectivity index (χ0v) is 22.0. The van der Waals surface area contributed by atoms with Crippen LogP contribution in [0.5, 0.6) is 0 Å². The largest absolute Gasteiger partial charge is 0.348 e. The molecule has 38 heavy (non-hydrogen) atoms. The third kappa shape index (κ3) is 6.33. The van der Waals surface area contributed by atoms with E-state index in [2.05, 4.69) is 95.9 Å². The molecule has 4 nitrogen and oxygen atoms in total. The van der Waals surface area contributed by atoms with Gasteiger partial charge < -0.3 is 5.32 Å². The summed E-state index contributed by atoms with van der Waals surface area (Å²) in [5, 5.41) is 4.19. The Morgan fingerprint density at radius 1 is 0.816 bits per heavy atom. The summed E-state index contributed by atoms with van der Waals surface area (Å²) < 4.78 is 0. The van der Waals surface area contributed by atoms with E-state index in [-0.39, 0.29) is 11.9 Å². The molecular formula is C34H33N3O. The summed E-state index contributed by atoms with van der Waals surface area (Å²) in [5.41, 5.74) is 8.44. The Balaban J connectivity index is 1.28. The highest BCUT2D eigenvalue weighted by molar-refractivity contribution is 5.95. The van der Waals surface area contributed by atoms with Gasteiger partial charge >= 0.3 is 0 Å². The average Bonchev–Trinajstić information content (AvgIpc) is 2.97. The lowest BCUT2D eigenvalue weighted by Gasteiger charge is -2.17. The second-order valence-electron chi connectivity index (χ2n) is 9.89. The van der Waals surface area contributed by atoms with Gasteiger partial charge in [0.15, 0.2) is 0 Å². The Morgan fingerprint density at radius 3 is 2.45 bits per heavy atom. The maximum atomic E-state index is 13.0. The Hall–Kier alpha value is -4.31. The number of carbonyl (C=O) groups excluding carboxylic acids is 1. The first kappa shape index (κ1) is 25.3. The number of hydrogen-bond donors (Lipinski definition) is 1. The van der Waals surface area contributed by atoms with Gasteiger partial charge in [0.1, 0.15) is 5.69 Å². The summed E-state index contributed by atoms with van der Waals surface area (Å²) in [5.74, 6) is -0.129. The third-order valence-corrected chi connectivity index (χ3v) is 7.01. The molecular weight excluding hydrogens is 466 g/mol. The average molecular weight is 500 g/mol. The molecule has 2 aromatic heterocycles. The van der Waals surface area contributed by atoms with Crippen molar-refractivity contribution in [2.24, 2.45) is 0 Å². The summed E-state index contributed by atoms with van der Waals surface area (Å²) >= 11 is 0. The predicted molar refractivity (Wildman–Crippen MR) is 155 cm³/mol. The highest BCUT2D eigenvalue weighted by Gasteiger charge is 2.15. The van der Waals surface area contributed by atoms with Crippen LogP contribution in [-0.2, 0) is 19.3 Å². The molecule has 5 aromatic rings. The maximum Gasteiger partial charge on any atom is 0.270 e. The van der Waals surface area contributed by atoms with Gasteiger partial charge in [0.25, 0.3) is 5.91 Å². The van der Waals surface area contributed by atoms with Crippen molar-refractivity contribution in [2.45, 2.75) is 45.6 Å². The first-order valence-corrected chi connectivity index (χ1v) is 13.3. The zero-order valence-electron chi connectivity index (χ0n) is 22.0. The van der Waals surface area contributed by atoms with Crippen LogP contribution in [0.25, 0.3) is 22.0 Å². The van der Waals surface area contributed by atoms with Crippen molar-refractivity contribution in [3.05, 3.63) is 131 Å². The number of rotatable bonds is 9. The number of benzene rings is 3. The molecule has 1 atom stereocenters. The summed E-state index contributed by atoms with van der Waals surface area (Å²) in [6, 6.07) is 33.3. The van der Waals surface area contributed by atoms with E-state index in [0.29, 0.717) is 5.69 Å². The standard InChI is InChI=1S/C34H33N3O/c1-3-30(22-26-12-10-24(2)11-13-26)36-34(38)33-19-16-29-23-28(15-18-32(29)37-33)27-8-6-7-25(21-27)14-17-31-9-4-5-20-35-31/h4-13,15-16,18-21,23,30H,3,14,17,22H2,1-2H3,(H,36,38). The maximum absolute atomic E-state index is 13.0. The van der Waals surface area contributed by atoms with Crippen molar-refractivity contribution >= 4 is 16.8 Å². The van der Waals surface area contributed by atoms with Crippen molar-refractivity contribution in [1.29, 1.82) is 0 Å². The topological polar surface area (TPSA) is 54.9 Å². The quantitative estimate of drug-likeness (QED) is 0.234. The van der Waals surface area contributed by atoms with Crippen molar-refractivity contribution in [3.63, 3.8) is 0 Å². The molecule has 0 bridgehead atoms. The molecule has 0 saturated heterocycles. The lowest BCUT2D eigenvalue weighted by Crippen LogP contribution is -2.36. The smallest absolute Gasteiger partial charge is 0.270 e. The number of carbonyl (C=O) groups is 1. The van der Waals surface area contributed by atoms with E-state index in [1.54, 1.807) is 0 Å². The van der Waals surface area contributed by atoms with Crippen LogP contribution in [-0.4, -0.2) is 21.9 Å². The van der Waals surface area contributed by atoms with Crippen LogP contribution in [0.2, 0.25) is 0 Å². The fourth-order valence-corrected chi connectivity index (χ4v) is 4.72. The SMILES string of the molecule is CCC(Cc1ccc(C)cc1)NC(=O)c1ccc2cc(-c3cccc(CCc4ccccn4)c3)ccc2n1. The van der Waals surface area contributed by atoms with Crippen molar-refractivity contribution < 1.29 is 4.79 Å².